The van der Waals surface area contributed by atoms with Crippen LogP contribution in [-0.2, 0) is 10.2 Å². The monoisotopic (exact) mass is 423 g/mol. The second-order valence-corrected chi connectivity index (χ2v) is 8.16. The van der Waals surface area contributed by atoms with Crippen molar-refractivity contribution in [1.29, 1.82) is 5.26 Å². The Balaban J connectivity index is 1.31. The molecule has 1 N–H and O–H groups in total. The minimum atomic E-state index is -0.477. The summed E-state index contributed by atoms with van der Waals surface area (Å²) in [5.74, 6) is -0.146. The van der Waals surface area contributed by atoms with Gasteiger partial charge in [-0.1, -0.05) is 60.7 Å². The van der Waals surface area contributed by atoms with Gasteiger partial charge in [0.2, 0.25) is 5.91 Å². The second-order valence-electron chi connectivity index (χ2n) is 8.16. The van der Waals surface area contributed by atoms with Crippen LogP contribution in [0.2, 0.25) is 0 Å². The number of nitrogens with one attached hydrogen (secondary N) is 1. The Morgan fingerprint density at radius 2 is 1.41 bits per heavy atom. The van der Waals surface area contributed by atoms with E-state index in [9.17, 15) is 14.9 Å². The molecular formula is C27H25N3O2. The van der Waals surface area contributed by atoms with Crippen LogP contribution in [0.3, 0.4) is 0 Å². The first-order valence-electron chi connectivity index (χ1n) is 10.8. The van der Waals surface area contributed by atoms with Crippen LogP contribution in [0.5, 0.6) is 0 Å². The maximum Gasteiger partial charge on any atom is 0.238 e. The maximum absolute atomic E-state index is 12.5. The summed E-state index contributed by atoms with van der Waals surface area (Å²) in [5, 5.41) is 12.7. The Kier molecular flexibility index (Phi) is 6.44. The number of benzene rings is 3. The van der Waals surface area contributed by atoms with Gasteiger partial charge in [-0.3, -0.25) is 14.5 Å². The quantitative estimate of drug-likeness (QED) is 0.596. The first kappa shape index (κ1) is 21.5. The smallest absolute Gasteiger partial charge is 0.238 e. The van der Waals surface area contributed by atoms with E-state index >= 15 is 0 Å². The number of rotatable bonds is 6. The van der Waals surface area contributed by atoms with Crippen molar-refractivity contribution in [2.75, 3.05) is 25.0 Å². The molecule has 0 saturated carbocycles. The third-order valence-corrected chi connectivity index (χ3v) is 6.08. The first-order valence-corrected chi connectivity index (χ1v) is 10.8. The van der Waals surface area contributed by atoms with Crippen LogP contribution in [0, 0.1) is 11.3 Å². The lowest BCUT2D eigenvalue weighted by Crippen LogP contribution is -2.44. The highest BCUT2D eigenvalue weighted by molar-refractivity contribution is 6.09. The molecule has 160 valence electrons. The zero-order chi connectivity index (χ0) is 22.4. The van der Waals surface area contributed by atoms with Gasteiger partial charge in [0, 0.05) is 29.9 Å². The molecule has 0 aromatic heterocycles. The molecule has 32 heavy (non-hydrogen) atoms. The third kappa shape index (κ3) is 4.77. The number of nitrogens with zero attached hydrogens (tertiary/aromatic N) is 2. The lowest BCUT2D eigenvalue weighted by atomic mass is 9.74. The largest absolute Gasteiger partial charge is 0.325 e. The van der Waals surface area contributed by atoms with Gasteiger partial charge in [-0.05, 0) is 42.7 Å². The van der Waals surface area contributed by atoms with Crippen molar-refractivity contribution in [3.05, 3.63) is 102 Å². The number of carbonyl (C=O) groups is 2. The average Bonchev–Trinajstić information content (AvgIpc) is 2.86. The van der Waals surface area contributed by atoms with Gasteiger partial charge in [-0.15, -0.1) is 0 Å². The van der Waals surface area contributed by atoms with Crippen LogP contribution in [0.4, 0.5) is 5.69 Å². The molecule has 4 rings (SSSR count). The fourth-order valence-corrected chi connectivity index (χ4v) is 4.18. The van der Waals surface area contributed by atoms with Crippen LogP contribution in [0.15, 0.2) is 84.9 Å². The van der Waals surface area contributed by atoms with Gasteiger partial charge >= 0.3 is 0 Å². The highest BCUT2D eigenvalue weighted by Crippen LogP contribution is 2.34. The van der Waals surface area contributed by atoms with Crippen molar-refractivity contribution in [2.45, 2.75) is 18.3 Å². The molecular weight excluding hydrogens is 398 g/mol. The molecule has 5 nitrogen and oxygen atoms in total. The SMILES string of the molecule is N#CC1(c2ccccc2)CCN(CC(=O)Nc2ccc(C(=O)c3ccccc3)cc2)CC1. The highest BCUT2D eigenvalue weighted by Gasteiger charge is 2.36. The number of hydrogen-bond acceptors (Lipinski definition) is 4. The highest BCUT2D eigenvalue weighted by atomic mass is 16.2. The molecule has 1 saturated heterocycles. The number of ketones is 1. The van der Waals surface area contributed by atoms with Gasteiger partial charge in [0.1, 0.15) is 0 Å². The molecule has 0 atom stereocenters. The summed E-state index contributed by atoms with van der Waals surface area (Å²) in [6, 6.07) is 28.5. The van der Waals surface area contributed by atoms with E-state index in [2.05, 4.69) is 16.3 Å². The summed E-state index contributed by atoms with van der Waals surface area (Å²) in [6.07, 6.45) is 1.41. The molecule has 5 heteroatoms. The fraction of sp³-hybridized carbons (Fsp3) is 0.222. The molecule has 1 aliphatic heterocycles. The van der Waals surface area contributed by atoms with Gasteiger partial charge in [-0.25, -0.2) is 0 Å². The molecule has 0 spiro atoms. The molecule has 3 aromatic rings. The minimum absolute atomic E-state index is 0.0452. The standard InChI is InChI=1S/C27H25N3O2/c28-20-27(23-9-5-2-6-10-23)15-17-30(18-16-27)19-25(31)29-24-13-11-22(12-14-24)26(32)21-7-3-1-4-8-21/h1-14H,15-19H2,(H,29,31). The summed E-state index contributed by atoms with van der Waals surface area (Å²) in [5.41, 5.74) is 2.45. The van der Waals surface area contributed by atoms with Crippen LogP contribution < -0.4 is 5.32 Å². The van der Waals surface area contributed by atoms with Crippen molar-refractivity contribution in [3.8, 4) is 6.07 Å². The summed E-state index contributed by atoms with van der Waals surface area (Å²) in [4.78, 5) is 27.1. The van der Waals surface area contributed by atoms with Crippen molar-refractivity contribution in [3.63, 3.8) is 0 Å². The van der Waals surface area contributed by atoms with Gasteiger partial charge in [-0.2, -0.15) is 5.26 Å². The lowest BCUT2D eigenvalue weighted by molar-refractivity contribution is -0.117. The predicted molar refractivity (Wildman–Crippen MR) is 124 cm³/mol. The average molecular weight is 424 g/mol. The molecule has 0 unspecified atom stereocenters. The Morgan fingerprint density at radius 3 is 2.00 bits per heavy atom. The van der Waals surface area contributed by atoms with Gasteiger partial charge in [0.05, 0.1) is 18.0 Å². The van der Waals surface area contributed by atoms with E-state index in [0.29, 0.717) is 42.7 Å². The molecule has 0 aliphatic carbocycles. The predicted octanol–water partition coefficient (Wildman–Crippen LogP) is 4.41. The normalized spacial score (nSPS) is 15.5. The topological polar surface area (TPSA) is 73.2 Å². The van der Waals surface area contributed by atoms with E-state index in [1.54, 1.807) is 36.4 Å². The Bertz CT molecular complexity index is 1110. The van der Waals surface area contributed by atoms with Crippen molar-refractivity contribution in [1.82, 2.24) is 4.90 Å². The maximum atomic E-state index is 12.5. The molecule has 1 amide bonds. The number of amides is 1. The molecule has 0 bridgehead atoms. The van der Waals surface area contributed by atoms with E-state index in [4.69, 9.17) is 0 Å². The Morgan fingerprint density at radius 1 is 0.844 bits per heavy atom. The molecule has 1 fully saturated rings. The van der Waals surface area contributed by atoms with E-state index in [1.807, 2.05) is 48.5 Å². The molecule has 1 aliphatic rings. The summed E-state index contributed by atoms with van der Waals surface area (Å²) in [7, 11) is 0. The number of hydrogen-bond donors (Lipinski definition) is 1. The number of carbonyl (C=O) groups excluding carboxylic acids is 2. The summed E-state index contributed by atoms with van der Waals surface area (Å²) in [6.45, 7) is 1.67. The summed E-state index contributed by atoms with van der Waals surface area (Å²) < 4.78 is 0. The lowest BCUT2D eigenvalue weighted by Gasteiger charge is -2.37. The van der Waals surface area contributed by atoms with E-state index in [-0.39, 0.29) is 18.2 Å². The first-order chi connectivity index (χ1) is 15.6. The zero-order valence-corrected chi connectivity index (χ0v) is 17.8. The molecule has 1 heterocycles. The van der Waals surface area contributed by atoms with Gasteiger partial charge in [0.25, 0.3) is 0 Å². The zero-order valence-electron chi connectivity index (χ0n) is 17.8. The Hall–Kier alpha value is -3.75. The van der Waals surface area contributed by atoms with Crippen LogP contribution in [-0.4, -0.2) is 36.2 Å². The molecule has 3 aromatic carbocycles. The number of anilines is 1. The third-order valence-electron chi connectivity index (χ3n) is 6.08. The van der Waals surface area contributed by atoms with Gasteiger partial charge in [0.15, 0.2) is 5.78 Å². The minimum Gasteiger partial charge on any atom is -0.325 e. The van der Waals surface area contributed by atoms with Crippen LogP contribution >= 0.6 is 0 Å². The van der Waals surface area contributed by atoms with Crippen molar-refractivity contribution in [2.24, 2.45) is 0 Å². The van der Waals surface area contributed by atoms with E-state index < -0.39 is 5.41 Å². The van der Waals surface area contributed by atoms with E-state index in [1.165, 1.54) is 0 Å². The number of nitriles is 1. The van der Waals surface area contributed by atoms with E-state index in [0.717, 1.165) is 5.56 Å². The second kappa shape index (κ2) is 9.59. The van der Waals surface area contributed by atoms with Gasteiger partial charge < -0.3 is 5.32 Å². The van der Waals surface area contributed by atoms with Crippen LogP contribution in [0.25, 0.3) is 0 Å². The van der Waals surface area contributed by atoms with Crippen molar-refractivity contribution < 1.29 is 9.59 Å². The van der Waals surface area contributed by atoms with Crippen LogP contribution in [0.1, 0.15) is 34.3 Å². The van der Waals surface area contributed by atoms with Crippen molar-refractivity contribution >= 4 is 17.4 Å². The number of likely N-dealkylation sites (tertiary alicyclic amines) is 1. The summed E-state index contributed by atoms with van der Waals surface area (Å²) >= 11 is 0. The fourth-order valence-electron chi connectivity index (χ4n) is 4.18. The Labute approximate surface area is 188 Å². The molecule has 0 radical (unpaired) electrons. The number of piperidine rings is 1.